The van der Waals surface area contributed by atoms with Crippen molar-refractivity contribution in [1.82, 2.24) is 5.32 Å². The first-order chi connectivity index (χ1) is 8.56. The third kappa shape index (κ3) is 3.97. The van der Waals surface area contributed by atoms with Gasteiger partial charge in [-0.05, 0) is 24.6 Å². The number of amides is 1. The van der Waals surface area contributed by atoms with E-state index in [0.717, 1.165) is 11.3 Å². The van der Waals surface area contributed by atoms with Gasteiger partial charge in [0.1, 0.15) is 5.75 Å². The van der Waals surface area contributed by atoms with Crippen molar-refractivity contribution in [1.29, 1.82) is 0 Å². The Balaban J connectivity index is 2.54. The van der Waals surface area contributed by atoms with Gasteiger partial charge in [-0.2, -0.15) is 0 Å². The highest BCUT2D eigenvalue weighted by molar-refractivity contribution is 5.90. The van der Waals surface area contributed by atoms with Gasteiger partial charge >= 0.3 is 0 Å². The van der Waals surface area contributed by atoms with Gasteiger partial charge in [-0.15, -0.1) is 0 Å². The molecule has 6 heteroatoms. The lowest BCUT2D eigenvalue weighted by molar-refractivity contribution is -0.120. The summed E-state index contributed by atoms with van der Waals surface area (Å²) in [5, 5.41) is 13.9. The molecule has 0 aliphatic heterocycles. The number of benzene rings is 1. The molecule has 1 rings (SSSR count). The first kappa shape index (κ1) is 13.8. The molecule has 1 aromatic carbocycles. The zero-order valence-electron chi connectivity index (χ0n) is 10.4. The molecular formula is C12H17N3O3. The maximum atomic E-state index is 11.7. The molecule has 0 saturated carbocycles. The zero-order chi connectivity index (χ0) is 13.5. The Labute approximate surface area is 105 Å². The second-order valence-corrected chi connectivity index (χ2v) is 3.84. The number of hydrogen-bond donors (Lipinski definition) is 3. The molecule has 6 nitrogen and oxygen atoms in total. The summed E-state index contributed by atoms with van der Waals surface area (Å²) in [5.41, 5.74) is 6.23. The fourth-order valence-corrected chi connectivity index (χ4v) is 1.38. The highest BCUT2D eigenvalue weighted by atomic mass is 16.5. The summed E-state index contributed by atoms with van der Waals surface area (Å²) >= 11 is 0. The van der Waals surface area contributed by atoms with Crippen molar-refractivity contribution in [2.45, 2.75) is 19.4 Å². The van der Waals surface area contributed by atoms with Crippen molar-refractivity contribution in [2.24, 2.45) is 10.9 Å². The summed E-state index contributed by atoms with van der Waals surface area (Å²) in [6.07, 6.45) is 0.229. The smallest absolute Gasteiger partial charge is 0.224 e. The van der Waals surface area contributed by atoms with Gasteiger partial charge in [0.05, 0.1) is 19.6 Å². The van der Waals surface area contributed by atoms with E-state index in [9.17, 15) is 4.79 Å². The molecule has 0 aliphatic carbocycles. The Morgan fingerprint density at radius 3 is 2.61 bits per heavy atom. The second kappa shape index (κ2) is 6.48. The number of carbonyl (C=O) groups is 1. The Bertz CT molecular complexity index is 429. The van der Waals surface area contributed by atoms with Crippen molar-refractivity contribution in [3.63, 3.8) is 0 Å². The van der Waals surface area contributed by atoms with Crippen LogP contribution in [-0.2, 0) is 11.2 Å². The maximum absolute atomic E-state index is 11.7. The predicted octanol–water partition coefficient (Wildman–Crippen LogP) is 0.489. The Morgan fingerprint density at radius 2 is 2.11 bits per heavy atom. The SMILES string of the molecule is COc1ccc(CC(=O)NC(C)/C(N)=N/O)cc1. The van der Waals surface area contributed by atoms with E-state index in [4.69, 9.17) is 15.7 Å². The van der Waals surface area contributed by atoms with E-state index in [1.807, 2.05) is 12.1 Å². The average molecular weight is 251 g/mol. The van der Waals surface area contributed by atoms with Gasteiger partial charge in [0.2, 0.25) is 5.91 Å². The lowest BCUT2D eigenvalue weighted by Gasteiger charge is -2.12. The van der Waals surface area contributed by atoms with E-state index in [0.29, 0.717) is 0 Å². The molecular weight excluding hydrogens is 234 g/mol. The van der Waals surface area contributed by atoms with Gasteiger partial charge in [-0.3, -0.25) is 4.79 Å². The van der Waals surface area contributed by atoms with Gasteiger partial charge in [0.15, 0.2) is 5.84 Å². The minimum atomic E-state index is -0.499. The number of rotatable bonds is 5. The molecule has 18 heavy (non-hydrogen) atoms. The highest BCUT2D eigenvalue weighted by Gasteiger charge is 2.11. The molecule has 4 N–H and O–H groups in total. The number of methoxy groups -OCH3 is 1. The number of carbonyl (C=O) groups excluding carboxylic acids is 1. The normalized spacial score (nSPS) is 12.9. The number of oxime groups is 1. The summed E-state index contributed by atoms with van der Waals surface area (Å²) in [7, 11) is 1.58. The molecule has 1 atom stereocenters. The molecule has 1 aromatic rings. The Morgan fingerprint density at radius 1 is 1.50 bits per heavy atom. The molecule has 0 saturated heterocycles. The molecule has 0 bridgehead atoms. The summed E-state index contributed by atoms with van der Waals surface area (Å²) in [4.78, 5) is 11.7. The fraction of sp³-hybridized carbons (Fsp3) is 0.333. The number of nitrogens with two attached hydrogens (primary N) is 1. The van der Waals surface area contributed by atoms with E-state index >= 15 is 0 Å². The second-order valence-electron chi connectivity index (χ2n) is 3.84. The van der Waals surface area contributed by atoms with Gasteiger partial charge in [0, 0.05) is 0 Å². The minimum Gasteiger partial charge on any atom is -0.497 e. The Kier molecular flexibility index (Phi) is 4.98. The third-order valence-electron chi connectivity index (χ3n) is 2.46. The average Bonchev–Trinajstić information content (AvgIpc) is 2.38. The van der Waals surface area contributed by atoms with Crippen LogP contribution in [0, 0.1) is 0 Å². The molecule has 0 aromatic heterocycles. The lowest BCUT2D eigenvalue weighted by atomic mass is 10.1. The van der Waals surface area contributed by atoms with Gasteiger partial charge in [-0.25, -0.2) is 0 Å². The lowest BCUT2D eigenvalue weighted by Crippen LogP contribution is -2.43. The molecule has 98 valence electrons. The van der Waals surface area contributed by atoms with Crippen LogP contribution in [0.25, 0.3) is 0 Å². The minimum absolute atomic E-state index is 0.0296. The van der Waals surface area contributed by atoms with E-state index in [2.05, 4.69) is 10.5 Å². The van der Waals surface area contributed by atoms with Crippen LogP contribution in [0.4, 0.5) is 0 Å². The summed E-state index contributed by atoms with van der Waals surface area (Å²) in [6, 6.07) is 6.70. The van der Waals surface area contributed by atoms with Gasteiger partial charge in [-0.1, -0.05) is 17.3 Å². The van der Waals surface area contributed by atoms with Crippen LogP contribution < -0.4 is 15.8 Å². The highest BCUT2D eigenvalue weighted by Crippen LogP contribution is 2.11. The molecule has 0 aliphatic rings. The van der Waals surface area contributed by atoms with Crippen molar-refractivity contribution in [2.75, 3.05) is 7.11 Å². The van der Waals surface area contributed by atoms with E-state index in [1.54, 1.807) is 26.2 Å². The quantitative estimate of drug-likeness (QED) is 0.307. The molecule has 0 heterocycles. The largest absolute Gasteiger partial charge is 0.497 e. The van der Waals surface area contributed by atoms with Gasteiger partial charge < -0.3 is 21.0 Å². The maximum Gasteiger partial charge on any atom is 0.224 e. The first-order valence-corrected chi connectivity index (χ1v) is 5.46. The van der Waals surface area contributed by atoms with Crippen molar-refractivity contribution in [3.8, 4) is 5.75 Å². The summed E-state index contributed by atoms with van der Waals surface area (Å²) in [5.74, 6) is 0.515. The van der Waals surface area contributed by atoms with Crippen LogP contribution in [0.2, 0.25) is 0 Å². The van der Waals surface area contributed by atoms with Crippen LogP contribution in [0.3, 0.4) is 0 Å². The van der Waals surface area contributed by atoms with E-state index < -0.39 is 6.04 Å². The van der Waals surface area contributed by atoms with Crippen molar-refractivity contribution >= 4 is 11.7 Å². The number of ether oxygens (including phenoxy) is 1. The third-order valence-corrected chi connectivity index (χ3v) is 2.46. The van der Waals surface area contributed by atoms with Crippen LogP contribution in [0.15, 0.2) is 29.4 Å². The molecule has 1 unspecified atom stereocenters. The van der Waals surface area contributed by atoms with Crippen molar-refractivity contribution < 1.29 is 14.7 Å². The number of amidine groups is 1. The number of nitrogens with zero attached hydrogens (tertiary/aromatic N) is 1. The van der Waals surface area contributed by atoms with E-state index in [-0.39, 0.29) is 18.2 Å². The molecule has 0 fully saturated rings. The first-order valence-electron chi connectivity index (χ1n) is 5.46. The summed E-state index contributed by atoms with van der Waals surface area (Å²) in [6.45, 7) is 1.64. The van der Waals surface area contributed by atoms with E-state index in [1.165, 1.54) is 0 Å². The standard InChI is InChI=1S/C12H17N3O3/c1-8(12(13)15-17)14-11(16)7-9-3-5-10(18-2)6-4-9/h3-6,8,17H,7H2,1-2H3,(H2,13,15)(H,14,16). The van der Waals surface area contributed by atoms with Crippen LogP contribution >= 0.6 is 0 Å². The van der Waals surface area contributed by atoms with Crippen LogP contribution in [0.5, 0.6) is 5.75 Å². The predicted molar refractivity (Wildman–Crippen MR) is 67.7 cm³/mol. The van der Waals surface area contributed by atoms with Crippen LogP contribution in [0.1, 0.15) is 12.5 Å². The number of nitrogens with one attached hydrogen (secondary N) is 1. The monoisotopic (exact) mass is 251 g/mol. The molecule has 0 spiro atoms. The van der Waals surface area contributed by atoms with Gasteiger partial charge in [0.25, 0.3) is 0 Å². The van der Waals surface area contributed by atoms with Crippen LogP contribution in [-0.4, -0.2) is 30.1 Å². The molecule has 0 radical (unpaired) electrons. The fourth-order valence-electron chi connectivity index (χ4n) is 1.38. The molecule has 1 amide bonds. The number of hydrogen-bond acceptors (Lipinski definition) is 4. The summed E-state index contributed by atoms with van der Waals surface area (Å²) < 4.78 is 5.02. The zero-order valence-corrected chi connectivity index (χ0v) is 10.4. The van der Waals surface area contributed by atoms with Crippen molar-refractivity contribution in [3.05, 3.63) is 29.8 Å². The topological polar surface area (TPSA) is 96.9 Å². The Hall–Kier alpha value is -2.24.